The van der Waals surface area contributed by atoms with Crippen molar-refractivity contribution in [1.29, 1.82) is 0 Å². The number of aromatic carboxylic acids is 1. The molecule has 0 radical (unpaired) electrons. The molecule has 1 N–H and O–H groups in total. The monoisotopic (exact) mass is 413 g/mol. The molecule has 11 heteroatoms. The summed E-state index contributed by atoms with van der Waals surface area (Å²) in [6.07, 6.45) is -3.39. The van der Waals surface area contributed by atoms with E-state index in [1.165, 1.54) is 41.3 Å². The summed E-state index contributed by atoms with van der Waals surface area (Å²) in [6.45, 7) is -0.0472. The van der Waals surface area contributed by atoms with Crippen molar-refractivity contribution in [3.63, 3.8) is 0 Å². The van der Waals surface area contributed by atoms with E-state index in [4.69, 9.17) is 21.4 Å². The first-order valence-electron chi connectivity index (χ1n) is 7.63. The third kappa shape index (κ3) is 4.92. The van der Waals surface area contributed by atoms with Crippen molar-refractivity contribution < 1.29 is 32.5 Å². The number of nitrogens with zero attached hydrogens (tertiary/aromatic N) is 3. The molecule has 3 rings (SSSR count). The van der Waals surface area contributed by atoms with E-state index in [1.807, 2.05) is 0 Å². The predicted octanol–water partition coefficient (Wildman–Crippen LogP) is 4.10. The van der Waals surface area contributed by atoms with Crippen LogP contribution in [0, 0.1) is 0 Å². The zero-order valence-electron chi connectivity index (χ0n) is 13.9. The highest BCUT2D eigenvalue weighted by Gasteiger charge is 2.31. The number of halogens is 4. The van der Waals surface area contributed by atoms with Crippen LogP contribution in [0.5, 0.6) is 11.5 Å². The van der Waals surface area contributed by atoms with Gasteiger partial charge in [-0.2, -0.15) is 0 Å². The summed E-state index contributed by atoms with van der Waals surface area (Å²) in [5, 5.41) is 13.2. The molecule has 1 heterocycles. The van der Waals surface area contributed by atoms with Gasteiger partial charge in [-0.05, 0) is 42.5 Å². The average Bonchev–Trinajstić information content (AvgIpc) is 3.09. The van der Waals surface area contributed by atoms with E-state index in [-0.39, 0.29) is 34.5 Å². The number of rotatable bonds is 6. The van der Waals surface area contributed by atoms with Gasteiger partial charge in [0, 0.05) is 0 Å². The maximum absolute atomic E-state index is 12.2. The van der Waals surface area contributed by atoms with Crippen LogP contribution in [0.2, 0.25) is 5.02 Å². The van der Waals surface area contributed by atoms with Gasteiger partial charge in [-0.25, -0.2) is 14.5 Å². The summed E-state index contributed by atoms with van der Waals surface area (Å²) in [4.78, 5) is 14.9. The summed E-state index contributed by atoms with van der Waals surface area (Å²) in [6, 6.07) is 9.12. The summed E-state index contributed by atoms with van der Waals surface area (Å²) in [5.41, 5.74) is 0.495. The molecule has 0 saturated heterocycles. The molecule has 0 aliphatic rings. The lowest BCUT2D eigenvalue weighted by atomic mass is 10.2. The Hall–Kier alpha value is -3.27. The molecular formula is C17H11ClF3N3O4. The fraction of sp³-hybridized carbons (Fsp3) is 0.118. The van der Waals surface area contributed by atoms with Crippen LogP contribution in [0.1, 0.15) is 16.2 Å². The van der Waals surface area contributed by atoms with Crippen molar-refractivity contribution in [2.24, 2.45) is 0 Å². The van der Waals surface area contributed by atoms with Gasteiger partial charge < -0.3 is 14.6 Å². The van der Waals surface area contributed by atoms with E-state index in [1.54, 1.807) is 0 Å². The Kier molecular flexibility index (Phi) is 5.41. The molecule has 1 aromatic heterocycles. The third-order valence-electron chi connectivity index (χ3n) is 3.41. The molecule has 7 nitrogen and oxygen atoms in total. The number of alkyl halides is 3. The number of aromatic nitrogens is 3. The van der Waals surface area contributed by atoms with Crippen LogP contribution in [0.25, 0.3) is 5.69 Å². The van der Waals surface area contributed by atoms with Crippen LogP contribution in [0.15, 0.2) is 48.8 Å². The number of carboxylic acid groups (broad SMARTS) is 1. The van der Waals surface area contributed by atoms with Crippen molar-refractivity contribution in [3.05, 3.63) is 65.2 Å². The molecule has 28 heavy (non-hydrogen) atoms. The molecule has 0 spiro atoms. The number of carboxylic acids is 1. The summed E-state index contributed by atoms with van der Waals surface area (Å²) < 4.78 is 47.2. The molecule has 0 saturated carbocycles. The molecule has 3 aromatic rings. The van der Waals surface area contributed by atoms with Gasteiger partial charge in [-0.1, -0.05) is 11.6 Å². The van der Waals surface area contributed by atoms with Crippen molar-refractivity contribution in [2.45, 2.75) is 13.0 Å². The average molecular weight is 414 g/mol. The largest absolute Gasteiger partial charge is 0.573 e. The highest BCUT2D eigenvalue weighted by atomic mass is 35.5. The van der Waals surface area contributed by atoms with Crippen molar-refractivity contribution in [3.8, 4) is 17.2 Å². The first kappa shape index (κ1) is 19.5. The Morgan fingerprint density at radius 3 is 2.50 bits per heavy atom. The first-order valence-corrected chi connectivity index (χ1v) is 8.01. The maximum Gasteiger partial charge on any atom is 0.573 e. The van der Waals surface area contributed by atoms with Gasteiger partial charge in [-0.15, -0.1) is 18.3 Å². The van der Waals surface area contributed by atoms with E-state index < -0.39 is 12.3 Å². The van der Waals surface area contributed by atoms with Crippen LogP contribution in [0.3, 0.4) is 0 Å². The van der Waals surface area contributed by atoms with E-state index in [9.17, 15) is 18.0 Å². The Morgan fingerprint density at radius 1 is 1.18 bits per heavy atom. The molecule has 146 valence electrons. The molecule has 2 aromatic carbocycles. The standard InChI is InChI=1S/C17H11ClF3N3O4/c18-13-7-10(16(25)26)1-6-14(13)27-8-15-22-9-24(23-15)11-2-4-12(5-3-11)28-17(19,20)21/h1-7,9H,8H2,(H,25,26). The SMILES string of the molecule is O=C(O)c1ccc(OCc2ncn(-c3ccc(OC(F)(F)F)cc3)n2)c(Cl)c1. The van der Waals surface area contributed by atoms with Crippen molar-refractivity contribution in [1.82, 2.24) is 14.8 Å². The van der Waals surface area contributed by atoms with Crippen molar-refractivity contribution >= 4 is 17.6 Å². The zero-order valence-corrected chi connectivity index (χ0v) is 14.6. The van der Waals surface area contributed by atoms with E-state index in [2.05, 4.69) is 14.8 Å². The number of ether oxygens (including phenoxy) is 2. The smallest absolute Gasteiger partial charge is 0.484 e. The predicted molar refractivity (Wildman–Crippen MR) is 90.8 cm³/mol. The topological polar surface area (TPSA) is 86.5 Å². The molecule has 0 bridgehead atoms. The number of hydrogen-bond donors (Lipinski definition) is 1. The minimum atomic E-state index is -4.76. The summed E-state index contributed by atoms with van der Waals surface area (Å²) >= 11 is 5.98. The molecule has 0 fully saturated rings. The van der Waals surface area contributed by atoms with Crippen LogP contribution in [0.4, 0.5) is 13.2 Å². The lowest BCUT2D eigenvalue weighted by Gasteiger charge is -2.09. The minimum absolute atomic E-state index is 0.0257. The van der Waals surface area contributed by atoms with Gasteiger partial charge in [-0.3, -0.25) is 0 Å². The zero-order chi connectivity index (χ0) is 20.3. The fourth-order valence-corrected chi connectivity index (χ4v) is 2.42. The lowest BCUT2D eigenvalue weighted by Crippen LogP contribution is -2.17. The van der Waals surface area contributed by atoms with E-state index in [0.29, 0.717) is 5.69 Å². The maximum atomic E-state index is 12.2. The quantitative estimate of drug-likeness (QED) is 0.655. The minimum Gasteiger partial charge on any atom is -0.484 e. The van der Waals surface area contributed by atoms with Gasteiger partial charge in [0.1, 0.15) is 24.4 Å². The normalized spacial score (nSPS) is 11.3. The lowest BCUT2D eigenvalue weighted by molar-refractivity contribution is -0.274. The highest BCUT2D eigenvalue weighted by molar-refractivity contribution is 6.32. The Balaban J connectivity index is 1.65. The third-order valence-corrected chi connectivity index (χ3v) is 3.71. The Bertz CT molecular complexity index is 990. The van der Waals surface area contributed by atoms with Gasteiger partial charge in [0.15, 0.2) is 5.82 Å². The summed E-state index contributed by atoms with van der Waals surface area (Å²) in [5.74, 6) is -0.912. The molecule has 0 unspecified atom stereocenters. The van der Waals surface area contributed by atoms with Crippen LogP contribution in [-0.4, -0.2) is 32.2 Å². The number of carbonyl (C=O) groups is 1. The Labute approximate surface area is 160 Å². The number of hydrogen-bond acceptors (Lipinski definition) is 5. The molecule has 0 aliphatic carbocycles. The van der Waals surface area contributed by atoms with E-state index >= 15 is 0 Å². The first-order chi connectivity index (χ1) is 13.2. The second-order valence-corrected chi connectivity index (χ2v) is 5.79. The second-order valence-electron chi connectivity index (χ2n) is 5.39. The van der Waals surface area contributed by atoms with Gasteiger partial charge >= 0.3 is 12.3 Å². The molecule has 0 atom stereocenters. The molecule has 0 amide bonds. The van der Waals surface area contributed by atoms with Gasteiger partial charge in [0.05, 0.1) is 16.3 Å². The van der Waals surface area contributed by atoms with Gasteiger partial charge in [0.25, 0.3) is 0 Å². The molecule has 0 aliphatic heterocycles. The highest BCUT2D eigenvalue weighted by Crippen LogP contribution is 2.26. The Morgan fingerprint density at radius 2 is 1.89 bits per heavy atom. The second kappa shape index (κ2) is 7.77. The van der Waals surface area contributed by atoms with Crippen LogP contribution < -0.4 is 9.47 Å². The number of benzene rings is 2. The molecular weight excluding hydrogens is 403 g/mol. The fourth-order valence-electron chi connectivity index (χ4n) is 2.18. The van der Waals surface area contributed by atoms with Gasteiger partial charge in [0.2, 0.25) is 0 Å². The van der Waals surface area contributed by atoms with Crippen LogP contribution in [-0.2, 0) is 6.61 Å². The van der Waals surface area contributed by atoms with Crippen molar-refractivity contribution in [2.75, 3.05) is 0 Å². The summed E-state index contributed by atoms with van der Waals surface area (Å²) in [7, 11) is 0. The van der Waals surface area contributed by atoms with E-state index in [0.717, 1.165) is 12.1 Å². The van der Waals surface area contributed by atoms with Crippen LogP contribution >= 0.6 is 11.6 Å².